The molecule has 2 saturated heterocycles. The summed E-state index contributed by atoms with van der Waals surface area (Å²) in [6.45, 7) is 3.05. The van der Waals surface area contributed by atoms with E-state index in [1.807, 2.05) is 4.90 Å². The zero-order valence-corrected chi connectivity index (χ0v) is 11.5. The number of hydrogen-bond donors (Lipinski definition) is 1. The molecule has 3 aliphatic rings. The van der Waals surface area contributed by atoms with Gasteiger partial charge in [-0.1, -0.05) is 0 Å². The van der Waals surface area contributed by atoms with E-state index in [9.17, 15) is 4.79 Å². The molecule has 108 valence electrons. The second-order valence-corrected chi connectivity index (χ2v) is 6.04. The molecular formula is C14H24N2O3. The topological polar surface area (TPSA) is 64.8 Å². The summed E-state index contributed by atoms with van der Waals surface area (Å²) >= 11 is 0. The first-order valence-corrected chi connectivity index (χ1v) is 7.51. The van der Waals surface area contributed by atoms with E-state index in [2.05, 4.69) is 0 Å². The molecule has 3 fully saturated rings. The van der Waals surface area contributed by atoms with Crippen LogP contribution in [0.5, 0.6) is 0 Å². The van der Waals surface area contributed by atoms with Crippen LogP contribution in [0.3, 0.4) is 0 Å². The van der Waals surface area contributed by atoms with E-state index in [0.29, 0.717) is 19.1 Å². The third kappa shape index (κ3) is 2.78. The number of carbonyl (C=O) groups is 1. The van der Waals surface area contributed by atoms with Gasteiger partial charge in [-0.2, -0.15) is 0 Å². The number of carbonyl (C=O) groups excluding carboxylic acids is 1. The average Bonchev–Trinajstić information content (AvgIpc) is 2.88. The van der Waals surface area contributed by atoms with E-state index in [4.69, 9.17) is 15.2 Å². The minimum atomic E-state index is -0.360. The highest BCUT2D eigenvalue weighted by atomic mass is 16.7. The first kappa shape index (κ1) is 13.3. The van der Waals surface area contributed by atoms with Crippen molar-refractivity contribution in [2.24, 2.45) is 11.7 Å². The fourth-order valence-electron chi connectivity index (χ4n) is 3.47. The third-order valence-electron chi connectivity index (χ3n) is 4.76. The number of amides is 1. The Kier molecular flexibility index (Phi) is 3.78. The standard InChI is InChI=1S/C14H24N2O3/c15-12-3-7-16(8-4-12)13(17)11-1-5-14(6-2-11)18-9-10-19-14/h11-12H,1-10,15H2. The predicted octanol–water partition coefficient (Wildman–Crippen LogP) is 0.869. The van der Waals surface area contributed by atoms with Gasteiger partial charge in [0.05, 0.1) is 13.2 Å². The van der Waals surface area contributed by atoms with Gasteiger partial charge in [-0.15, -0.1) is 0 Å². The fraction of sp³-hybridized carbons (Fsp3) is 0.929. The molecule has 0 atom stereocenters. The van der Waals surface area contributed by atoms with Gasteiger partial charge in [0.25, 0.3) is 0 Å². The van der Waals surface area contributed by atoms with Gasteiger partial charge in [0.15, 0.2) is 5.79 Å². The summed E-state index contributed by atoms with van der Waals surface area (Å²) in [5.41, 5.74) is 5.88. The van der Waals surface area contributed by atoms with E-state index in [-0.39, 0.29) is 17.7 Å². The van der Waals surface area contributed by atoms with E-state index in [0.717, 1.165) is 51.6 Å². The summed E-state index contributed by atoms with van der Waals surface area (Å²) in [6, 6.07) is 0.277. The molecule has 0 aromatic rings. The highest BCUT2D eigenvalue weighted by Crippen LogP contribution is 2.39. The summed E-state index contributed by atoms with van der Waals surface area (Å²) in [4.78, 5) is 14.5. The minimum absolute atomic E-state index is 0.160. The summed E-state index contributed by atoms with van der Waals surface area (Å²) in [5.74, 6) is 0.119. The fourth-order valence-corrected chi connectivity index (χ4v) is 3.47. The molecule has 2 heterocycles. The largest absolute Gasteiger partial charge is 0.348 e. The molecular weight excluding hydrogens is 244 g/mol. The number of nitrogens with two attached hydrogens (primary N) is 1. The lowest BCUT2D eigenvalue weighted by molar-refractivity contribution is -0.185. The number of likely N-dealkylation sites (tertiary alicyclic amines) is 1. The molecule has 2 N–H and O–H groups in total. The quantitative estimate of drug-likeness (QED) is 0.766. The summed E-state index contributed by atoms with van der Waals surface area (Å²) in [6.07, 6.45) is 5.37. The first-order valence-electron chi connectivity index (χ1n) is 7.51. The number of nitrogens with zero attached hydrogens (tertiary/aromatic N) is 1. The number of rotatable bonds is 1. The molecule has 19 heavy (non-hydrogen) atoms. The second-order valence-electron chi connectivity index (χ2n) is 6.04. The Hall–Kier alpha value is -0.650. The molecule has 1 amide bonds. The van der Waals surface area contributed by atoms with Crippen molar-refractivity contribution in [2.75, 3.05) is 26.3 Å². The first-order chi connectivity index (χ1) is 9.19. The van der Waals surface area contributed by atoms with Crippen LogP contribution in [0.1, 0.15) is 38.5 Å². The molecule has 5 nitrogen and oxygen atoms in total. The van der Waals surface area contributed by atoms with Gasteiger partial charge in [-0.3, -0.25) is 4.79 Å². The van der Waals surface area contributed by atoms with Crippen molar-refractivity contribution in [3.05, 3.63) is 0 Å². The van der Waals surface area contributed by atoms with Gasteiger partial charge in [-0.25, -0.2) is 0 Å². The lowest BCUT2D eigenvalue weighted by atomic mass is 9.84. The molecule has 0 bridgehead atoms. The van der Waals surface area contributed by atoms with Crippen LogP contribution in [-0.2, 0) is 14.3 Å². The molecule has 2 aliphatic heterocycles. The Balaban J connectivity index is 1.52. The maximum absolute atomic E-state index is 12.5. The van der Waals surface area contributed by atoms with Crippen LogP contribution in [0, 0.1) is 5.92 Å². The lowest BCUT2D eigenvalue weighted by Gasteiger charge is -2.38. The van der Waals surface area contributed by atoms with Gasteiger partial charge < -0.3 is 20.1 Å². The van der Waals surface area contributed by atoms with Crippen LogP contribution < -0.4 is 5.73 Å². The van der Waals surface area contributed by atoms with E-state index < -0.39 is 0 Å². The molecule has 5 heteroatoms. The van der Waals surface area contributed by atoms with Crippen molar-refractivity contribution >= 4 is 5.91 Å². The van der Waals surface area contributed by atoms with Crippen molar-refractivity contribution in [1.82, 2.24) is 4.90 Å². The average molecular weight is 268 g/mol. The molecule has 0 aromatic carbocycles. The Morgan fingerprint density at radius 1 is 1.05 bits per heavy atom. The summed E-state index contributed by atoms with van der Waals surface area (Å²) < 4.78 is 11.4. The highest BCUT2D eigenvalue weighted by molar-refractivity contribution is 5.79. The lowest BCUT2D eigenvalue weighted by Crippen LogP contribution is -2.47. The van der Waals surface area contributed by atoms with Crippen LogP contribution in [0.25, 0.3) is 0 Å². The Morgan fingerprint density at radius 3 is 2.21 bits per heavy atom. The van der Waals surface area contributed by atoms with Gasteiger partial charge in [-0.05, 0) is 25.7 Å². The molecule has 0 aromatic heterocycles. The SMILES string of the molecule is NC1CCN(C(=O)C2CCC3(CC2)OCCO3)CC1. The Bertz CT molecular complexity index is 324. The van der Waals surface area contributed by atoms with Gasteiger partial charge in [0.2, 0.25) is 5.91 Å². The molecule has 0 radical (unpaired) electrons. The van der Waals surface area contributed by atoms with Gasteiger partial charge in [0, 0.05) is 37.9 Å². The van der Waals surface area contributed by atoms with Gasteiger partial charge >= 0.3 is 0 Å². The number of hydrogen-bond acceptors (Lipinski definition) is 4. The molecule has 1 saturated carbocycles. The van der Waals surface area contributed by atoms with E-state index in [1.165, 1.54) is 0 Å². The highest BCUT2D eigenvalue weighted by Gasteiger charge is 2.42. The van der Waals surface area contributed by atoms with Crippen molar-refractivity contribution in [3.8, 4) is 0 Å². The second kappa shape index (κ2) is 5.38. The van der Waals surface area contributed by atoms with Crippen molar-refractivity contribution in [2.45, 2.75) is 50.4 Å². The Morgan fingerprint density at radius 2 is 1.63 bits per heavy atom. The summed E-state index contributed by atoms with van der Waals surface area (Å²) in [7, 11) is 0. The van der Waals surface area contributed by atoms with Crippen molar-refractivity contribution < 1.29 is 14.3 Å². The molecule has 0 unspecified atom stereocenters. The third-order valence-corrected chi connectivity index (χ3v) is 4.76. The van der Waals surface area contributed by atoms with Crippen LogP contribution in [-0.4, -0.2) is 48.9 Å². The van der Waals surface area contributed by atoms with Crippen LogP contribution in [0.2, 0.25) is 0 Å². The molecule has 3 rings (SSSR count). The number of ether oxygens (including phenoxy) is 2. The number of piperidine rings is 1. The Labute approximate surface area is 114 Å². The summed E-state index contributed by atoms with van der Waals surface area (Å²) in [5, 5.41) is 0. The molecule has 1 spiro atoms. The zero-order chi connectivity index (χ0) is 13.3. The predicted molar refractivity (Wildman–Crippen MR) is 70.4 cm³/mol. The smallest absolute Gasteiger partial charge is 0.225 e. The van der Waals surface area contributed by atoms with Crippen LogP contribution >= 0.6 is 0 Å². The van der Waals surface area contributed by atoms with Crippen LogP contribution in [0.15, 0.2) is 0 Å². The van der Waals surface area contributed by atoms with Crippen molar-refractivity contribution in [3.63, 3.8) is 0 Å². The zero-order valence-electron chi connectivity index (χ0n) is 11.5. The maximum atomic E-state index is 12.5. The maximum Gasteiger partial charge on any atom is 0.225 e. The monoisotopic (exact) mass is 268 g/mol. The van der Waals surface area contributed by atoms with E-state index in [1.54, 1.807) is 0 Å². The van der Waals surface area contributed by atoms with Crippen LogP contribution in [0.4, 0.5) is 0 Å². The van der Waals surface area contributed by atoms with E-state index >= 15 is 0 Å². The van der Waals surface area contributed by atoms with Crippen molar-refractivity contribution in [1.29, 1.82) is 0 Å². The minimum Gasteiger partial charge on any atom is -0.348 e. The normalized spacial score (nSPS) is 29.0. The molecule has 1 aliphatic carbocycles. The van der Waals surface area contributed by atoms with Gasteiger partial charge in [0.1, 0.15) is 0 Å².